The highest BCUT2D eigenvalue weighted by Crippen LogP contribution is 2.31. The Bertz CT molecular complexity index is 811. The zero-order valence-electron chi connectivity index (χ0n) is 16.9. The monoisotopic (exact) mass is 382 g/mol. The zero-order valence-corrected chi connectivity index (χ0v) is 16.9. The molecule has 1 aromatic heterocycles. The fourth-order valence-electron chi connectivity index (χ4n) is 4.19. The van der Waals surface area contributed by atoms with E-state index in [4.69, 9.17) is 14.5 Å². The standard InChI is InChI=1S/C22H30N4O2/c1-16-24-20-15-28-21-7-4-3-6-18(21)12-19(20)22(25-16)23-13-17-8-10-26(14-17)9-5-11-27-2/h3-4,6-7,17H,5,8-15H2,1-2H3,(H,23,24,25)/t17-/m1/s1. The number of anilines is 1. The number of ether oxygens (including phenoxy) is 2. The van der Waals surface area contributed by atoms with Crippen molar-refractivity contribution < 1.29 is 9.47 Å². The van der Waals surface area contributed by atoms with Crippen LogP contribution in [0.3, 0.4) is 0 Å². The molecule has 0 radical (unpaired) electrons. The molecule has 1 saturated heterocycles. The van der Waals surface area contributed by atoms with Gasteiger partial charge in [0.2, 0.25) is 0 Å². The number of nitrogens with one attached hydrogen (secondary N) is 1. The van der Waals surface area contributed by atoms with E-state index in [9.17, 15) is 0 Å². The highest BCUT2D eigenvalue weighted by atomic mass is 16.5. The van der Waals surface area contributed by atoms with Gasteiger partial charge in [-0.3, -0.25) is 0 Å². The molecule has 0 amide bonds. The number of fused-ring (bicyclic) bond motifs is 2. The van der Waals surface area contributed by atoms with Gasteiger partial charge < -0.3 is 19.7 Å². The van der Waals surface area contributed by atoms with Gasteiger partial charge in [-0.05, 0) is 43.9 Å². The smallest absolute Gasteiger partial charge is 0.133 e. The molecule has 2 aromatic rings. The molecule has 1 N–H and O–H groups in total. The molecule has 4 rings (SSSR count). The first-order valence-corrected chi connectivity index (χ1v) is 10.2. The average Bonchev–Trinajstić information content (AvgIpc) is 3.06. The molecule has 0 saturated carbocycles. The second-order valence-electron chi connectivity index (χ2n) is 7.80. The SMILES string of the molecule is COCCCN1CC[C@H](CNc2nc(C)nc3c2Cc2ccccc2OC3)C1. The van der Waals surface area contributed by atoms with E-state index in [-0.39, 0.29) is 0 Å². The van der Waals surface area contributed by atoms with E-state index in [1.807, 2.05) is 19.1 Å². The van der Waals surface area contributed by atoms with E-state index in [1.54, 1.807) is 7.11 Å². The highest BCUT2D eigenvalue weighted by Gasteiger charge is 2.24. The van der Waals surface area contributed by atoms with Crippen LogP contribution in [0.15, 0.2) is 24.3 Å². The van der Waals surface area contributed by atoms with Gasteiger partial charge in [0.15, 0.2) is 0 Å². The van der Waals surface area contributed by atoms with Gasteiger partial charge in [-0.2, -0.15) is 0 Å². The Hall–Kier alpha value is -2.18. The minimum atomic E-state index is 0.501. The maximum atomic E-state index is 5.99. The van der Waals surface area contributed by atoms with E-state index in [2.05, 4.69) is 27.3 Å². The van der Waals surface area contributed by atoms with E-state index in [0.717, 1.165) is 62.2 Å². The number of benzene rings is 1. The molecular weight excluding hydrogens is 352 g/mol. The first-order valence-electron chi connectivity index (χ1n) is 10.2. The van der Waals surface area contributed by atoms with Crippen LogP contribution in [0.25, 0.3) is 0 Å². The molecule has 150 valence electrons. The number of methoxy groups -OCH3 is 1. The maximum Gasteiger partial charge on any atom is 0.133 e. The lowest BCUT2D eigenvalue weighted by atomic mass is 10.0. The van der Waals surface area contributed by atoms with Crippen LogP contribution < -0.4 is 10.1 Å². The molecule has 1 atom stereocenters. The summed E-state index contributed by atoms with van der Waals surface area (Å²) in [5.74, 6) is 3.37. The Labute approximate surface area is 167 Å². The molecule has 0 spiro atoms. The Kier molecular flexibility index (Phi) is 6.07. The molecular formula is C22H30N4O2. The van der Waals surface area contributed by atoms with Gasteiger partial charge in [-0.25, -0.2) is 9.97 Å². The summed E-state index contributed by atoms with van der Waals surface area (Å²) in [6.07, 6.45) is 3.15. The van der Waals surface area contributed by atoms with Gasteiger partial charge in [-0.1, -0.05) is 18.2 Å². The summed E-state index contributed by atoms with van der Waals surface area (Å²) in [7, 11) is 1.77. The third-order valence-electron chi connectivity index (χ3n) is 5.66. The minimum Gasteiger partial charge on any atom is -0.487 e. The molecule has 28 heavy (non-hydrogen) atoms. The van der Waals surface area contributed by atoms with Crippen LogP contribution in [0, 0.1) is 12.8 Å². The number of hydrogen-bond donors (Lipinski definition) is 1. The Morgan fingerprint density at radius 2 is 2.18 bits per heavy atom. The fourth-order valence-corrected chi connectivity index (χ4v) is 4.19. The molecule has 2 aliphatic heterocycles. The summed E-state index contributed by atoms with van der Waals surface area (Å²) in [5, 5.41) is 3.64. The number of nitrogens with zero attached hydrogens (tertiary/aromatic N) is 3. The molecule has 0 unspecified atom stereocenters. The number of aromatic nitrogens is 2. The van der Waals surface area contributed by atoms with Crippen molar-refractivity contribution in [2.45, 2.75) is 32.8 Å². The lowest BCUT2D eigenvalue weighted by molar-refractivity contribution is 0.178. The maximum absolute atomic E-state index is 5.99. The summed E-state index contributed by atoms with van der Waals surface area (Å²) in [6, 6.07) is 8.24. The summed E-state index contributed by atoms with van der Waals surface area (Å²) >= 11 is 0. The number of likely N-dealkylation sites (tertiary alicyclic amines) is 1. The summed E-state index contributed by atoms with van der Waals surface area (Å²) in [6.45, 7) is 7.70. The van der Waals surface area contributed by atoms with Crippen LogP contribution in [-0.2, 0) is 17.8 Å². The van der Waals surface area contributed by atoms with Crippen LogP contribution in [0.2, 0.25) is 0 Å². The molecule has 3 heterocycles. The minimum absolute atomic E-state index is 0.501. The topological polar surface area (TPSA) is 59.5 Å². The van der Waals surface area contributed by atoms with E-state index in [1.165, 1.54) is 24.1 Å². The number of hydrogen-bond acceptors (Lipinski definition) is 6. The number of aryl methyl sites for hydroxylation is 1. The normalized spacial score (nSPS) is 18.9. The predicted molar refractivity (Wildman–Crippen MR) is 110 cm³/mol. The van der Waals surface area contributed by atoms with Crippen LogP contribution >= 0.6 is 0 Å². The van der Waals surface area contributed by atoms with Crippen molar-refractivity contribution in [3.63, 3.8) is 0 Å². The number of para-hydroxylation sites is 1. The van der Waals surface area contributed by atoms with Gasteiger partial charge in [-0.15, -0.1) is 0 Å². The first kappa shape index (κ1) is 19.2. The first-order chi connectivity index (χ1) is 13.7. The van der Waals surface area contributed by atoms with Crippen molar-refractivity contribution in [3.8, 4) is 5.75 Å². The molecule has 1 aromatic carbocycles. The number of rotatable bonds is 7. The fraction of sp³-hybridized carbons (Fsp3) is 0.545. The average molecular weight is 383 g/mol. The van der Waals surface area contributed by atoms with Crippen LogP contribution in [0.4, 0.5) is 5.82 Å². The lowest BCUT2D eigenvalue weighted by Crippen LogP contribution is -2.25. The lowest BCUT2D eigenvalue weighted by Gasteiger charge is -2.18. The van der Waals surface area contributed by atoms with Crippen molar-refractivity contribution in [2.24, 2.45) is 5.92 Å². The van der Waals surface area contributed by atoms with Gasteiger partial charge in [0.05, 0.1) is 5.69 Å². The molecule has 6 heteroatoms. The van der Waals surface area contributed by atoms with Crippen molar-refractivity contribution in [2.75, 3.05) is 45.2 Å². The third-order valence-corrected chi connectivity index (χ3v) is 5.66. The highest BCUT2D eigenvalue weighted by molar-refractivity contribution is 5.52. The van der Waals surface area contributed by atoms with Gasteiger partial charge in [0, 0.05) is 45.3 Å². The zero-order chi connectivity index (χ0) is 19.3. The molecule has 6 nitrogen and oxygen atoms in total. The predicted octanol–water partition coefficient (Wildman–Crippen LogP) is 3.04. The Morgan fingerprint density at radius 3 is 3.07 bits per heavy atom. The molecule has 0 aliphatic carbocycles. The van der Waals surface area contributed by atoms with Crippen molar-refractivity contribution in [3.05, 3.63) is 46.9 Å². The van der Waals surface area contributed by atoms with E-state index < -0.39 is 0 Å². The molecule has 1 fully saturated rings. The van der Waals surface area contributed by atoms with Crippen molar-refractivity contribution >= 4 is 5.82 Å². The summed E-state index contributed by atoms with van der Waals surface area (Å²) in [4.78, 5) is 11.9. The Balaban J connectivity index is 1.43. The van der Waals surface area contributed by atoms with Gasteiger partial charge in [0.25, 0.3) is 0 Å². The van der Waals surface area contributed by atoms with Crippen LogP contribution in [-0.4, -0.2) is 54.8 Å². The van der Waals surface area contributed by atoms with E-state index in [0.29, 0.717) is 12.5 Å². The second kappa shape index (κ2) is 8.88. The second-order valence-corrected chi connectivity index (χ2v) is 7.80. The quantitative estimate of drug-likeness (QED) is 0.743. The Morgan fingerprint density at radius 1 is 1.29 bits per heavy atom. The largest absolute Gasteiger partial charge is 0.487 e. The summed E-state index contributed by atoms with van der Waals surface area (Å²) in [5.41, 5.74) is 3.37. The van der Waals surface area contributed by atoms with Crippen molar-refractivity contribution in [1.82, 2.24) is 14.9 Å². The third kappa shape index (κ3) is 4.45. The van der Waals surface area contributed by atoms with Crippen LogP contribution in [0.5, 0.6) is 5.75 Å². The van der Waals surface area contributed by atoms with E-state index >= 15 is 0 Å². The molecule has 0 bridgehead atoms. The van der Waals surface area contributed by atoms with Gasteiger partial charge >= 0.3 is 0 Å². The van der Waals surface area contributed by atoms with Crippen LogP contribution in [0.1, 0.15) is 35.5 Å². The summed E-state index contributed by atoms with van der Waals surface area (Å²) < 4.78 is 11.2. The van der Waals surface area contributed by atoms with Crippen molar-refractivity contribution in [1.29, 1.82) is 0 Å². The van der Waals surface area contributed by atoms with Gasteiger partial charge in [0.1, 0.15) is 24.0 Å². The molecule has 2 aliphatic rings.